The van der Waals surface area contributed by atoms with Crippen LogP contribution in [0.5, 0.6) is 5.75 Å². The summed E-state index contributed by atoms with van der Waals surface area (Å²) in [6, 6.07) is 20.8. The second-order valence-electron chi connectivity index (χ2n) is 6.62. The number of ether oxygens (including phenoxy) is 1. The zero-order valence-corrected chi connectivity index (χ0v) is 15.5. The fourth-order valence-electron chi connectivity index (χ4n) is 3.31. The largest absolute Gasteiger partial charge is 0.484 e. The molecule has 0 unspecified atom stereocenters. The van der Waals surface area contributed by atoms with Crippen LogP contribution in [-0.2, 0) is 11.2 Å². The number of hydrogen-bond acceptors (Lipinski definition) is 3. The summed E-state index contributed by atoms with van der Waals surface area (Å²) in [4.78, 5) is 26.9. The lowest BCUT2D eigenvalue weighted by atomic mass is 10.1. The van der Waals surface area contributed by atoms with Crippen LogP contribution in [-0.4, -0.2) is 17.5 Å². The van der Waals surface area contributed by atoms with E-state index < -0.39 is 0 Å². The number of fused-ring (bicyclic) bond motifs is 2. The number of carbonyl (C=O) groups excluding carboxylic acids is 1. The van der Waals surface area contributed by atoms with E-state index >= 15 is 0 Å². The number of amides is 1. The summed E-state index contributed by atoms with van der Waals surface area (Å²) in [6.45, 7) is 1.91. The Hall–Kier alpha value is -3.60. The van der Waals surface area contributed by atoms with Crippen LogP contribution in [0.3, 0.4) is 0 Å². The Labute approximate surface area is 162 Å². The van der Waals surface area contributed by atoms with Gasteiger partial charge in [0.15, 0.2) is 6.61 Å². The Morgan fingerprint density at radius 2 is 1.82 bits per heavy atom. The molecule has 0 radical (unpaired) electrons. The molecule has 0 aliphatic heterocycles. The Bertz CT molecular complexity index is 1230. The van der Waals surface area contributed by atoms with Gasteiger partial charge in [0.25, 0.3) is 5.91 Å². The van der Waals surface area contributed by atoms with E-state index in [-0.39, 0.29) is 18.1 Å². The van der Waals surface area contributed by atoms with E-state index in [1.807, 2.05) is 61.5 Å². The Kier molecular flexibility index (Phi) is 4.81. The van der Waals surface area contributed by atoms with Crippen molar-refractivity contribution in [3.8, 4) is 5.75 Å². The first-order chi connectivity index (χ1) is 13.6. The lowest BCUT2D eigenvalue weighted by Crippen LogP contribution is -2.20. The van der Waals surface area contributed by atoms with E-state index in [9.17, 15) is 9.59 Å². The SMILES string of the molecule is CCc1cc(=O)[nH]c2cc(NC(=O)COc3ccc4ccccc4c3)ccc12. The molecule has 5 nitrogen and oxygen atoms in total. The Morgan fingerprint density at radius 3 is 2.64 bits per heavy atom. The Balaban J connectivity index is 1.46. The number of carbonyl (C=O) groups is 1. The second-order valence-corrected chi connectivity index (χ2v) is 6.62. The zero-order chi connectivity index (χ0) is 19.5. The maximum Gasteiger partial charge on any atom is 0.262 e. The molecule has 0 fully saturated rings. The van der Waals surface area contributed by atoms with Crippen molar-refractivity contribution in [1.29, 1.82) is 0 Å². The Morgan fingerprint density at radius 1 is 1.00 bits per heavy atom. The van der Waals surface area contributed by atoms with Crippen molar-refractivity contribution in [1.82, 2.24) is 4.98 Å². The number of H-pyrrole nitrogens is 1. The molecule has 0 saturated heterocycles. The lowest BCUT2D eigenvalue weighted by molar-refractivity contribution is -0.118. The standard InChI is InChI=1S/C23H20N2O3/c1-2-15-12-22(26)25-21-13-18(8-10-20(15)21)24-23(27)14-28-19-9-7-16-5-3-4-6-17(16)11-19/h3-13H,2,14H2,1H3,(H,24,27)(H,25,26). The van der Waals surface area contributed by atoms with Gasteiger partial charge in [-0.2, -0.15) is 0 Å². The lowest BCUT2D eigenvalue weighted by Gasteiger charge is -2.10. The molecule has 0 bridgehead atoms. The van der Waals surface area contributed by atoms with Crippen molar-refractivity contribution in [3.05, 3.63) is 82.6 Å². The molecule has 1 aromatic heterocycles. The van der Waals surface area contributed by atoms with Crippen LogP contribution in [0.1, 0.15) is 12.5 Å². The van der Waals surface area contributed by atoms with Crippen molar-refractivity contribution >= 4 is 33.3 Å². The average molecular weight is 372 g/mol. The normalized spacial score (nSPS) is 10.9. The van der Waals surface area contributed by atoms with Gasteiger partial charge in [-0.15, -0.1) is 0 Å². The first-order valence-electron chi connectivity index (χ1n) is 9.20. The molecular formula is C23H20N2O3. The fraction of sp³-hybridized carbons (Fsp3) is 0.130. The van der Waals surface area contributed by atoms with Crippen molar-refractivity contribution < 1.29 is 9.53 Å². The molecule has 2 N–H and O–H groups in total. The summed E-state index contributed by atoms with van der Waals surface area (Å²) >= 11 is 0. The zero-order valence-electron chi connectivity index (χ0n) is 15.5. The van der Waals surface area contributed by atoms with Crippen LogP contribution in [0.4, 0.5) is 5.69 Å². The molecule has 5 heteroatoms. The van der Waals surface area contributed by atoms with Crippen molar-refractivity contribution in [2.75, 3.05) is 11.9 Å². The number of aryl methyl sites for hydroxylation is 1. The number of aromatic amines is 1. The minimum atomic E-state index is -0.262. The molecule has 1 heterocycles. The number of anilines is 1. The maximum atomic E-state index is 12.3. The van der Waals surface area contributed by atoms with E-state index in [0.717, 1.165) is 28.1 Å². The second kappa shape index (κ2) is 7.56. The molecule has 0 saturated carbocycles. The smallest absolute Gasteiger partial charge is 0.262 e. The summed E-state index contributed by atoms with van der Waals surface area (Å²) in [6.07, 6.45) is 0.770. The number of pyridine rings is 1. The van der Waals surface area contributed by atoms with Gasteiger partial charge in [0.1, 0.15) is 5.75 Å². The monoisotopic (exact) mass is 372 g/mol. The molecule has 28 heavy (non-hydrogen) atoms. The van der Waals surface area contributed by atoms with E-state index in [1.165, 1.54) is 0 Å². The highest BCUT2D eigenvalue weighted by Crippen LogP contribution is 2.22. The van der Waals surface area contributed by atoms with Gasteiger partial charge in [0.05, 0.1) is 5.52 Å². The van der Waals surface area contributed by atoms with Crippen LogP contribution in [0.25, 0.3) is 21.7 Å². The molecule has 140 valence electrons. The maximum absolute atomic E-state index is 12.3. The first-order valence-corrected chi connectivity index (χ1v) is 9.20. The minimum Gasteiger partial charge on any atom is -0.484 e. The van der Waals surface area contributed by atoms with Crippen LogP contribution in [0.2, 0.25) is 0 Å². The van der Waals surface area contributed by atoms with Crippen LogP contribution < -0.4 is 15.6 Å². The molecule has 0 spiro atoms. The van der Waals surface area contributed by atoms with Gasteiger partial charge in [-0.05, 0) is 47.0 Å². The van der Waals surface area contributed by atoms with Crippen LogP contribution >= 0.6 is 0 Å². The van der Waals surface area contributed by atoms with Gasteiger partial charge in [-0.25, -0.2) is 0 Å². The van der Waals surface area contributed by atoms with Crippen molar-refractivity contribution in [2.24, 2.45) is 0 Å². The van der Waals surface area contributed by atoms with E-state index in [4.69, 9.17) is 4.74 Å². The number of aromatic nitrogens is 1. The molecule has 4 aromatic rings. The van der Waals surface area contributed by atoms with Gasteiger partial charge in [-0.3, -0.25) is 9.59 Å². The molecule has 4 rings (SSSR count). The van der Waals surface area contributed by atoms with Gasteiger partial charge < -0.3 is 15.0 Å². The number of benzene rings is 3. The van der Waals surface area contributed by atoms with Crippen LogP contribution in [0, 0.1) is 0 Å². The third-order valence-electron chi connectivity index (χ3n) is 4.68. The summed E-state index contributed by atoms with van der Waals surface area (Å²) in [5.41, 5.74) is 2.16. The average Bonchev–Trinajstić information content (AvgIpc) is 2.71. The highest BCUT2D eigenvalue weighted by atomic mass is 16.5. The van der Waals surface area contributed by atoms with Gasteiger partial charge in [0.2, 0.25) is 5.56 Å². The fourth-order valence-corrected chi connectivity index (χ4v) is 3.31. The van der Waals surface area contributed by atoms with Gasteiger partial charge >= 0.3 is 0 Å². The summed E-state index contributed by atoms with van der Waals surface area (Å²) in [5.74, 6) is 0.380. The molecule has 0 atom stereocenters. The van der Waals surface area contributed by atoms with E-state index in [1.54, 1.807) is 12.1 Å². The third-order valence-corrected chi connectivity index (χ3v) is 4.68. The number of hydrogen-bond donors (Lipinski definition) is 2. The highest BCUT2D eigenvalue weighted by Gasteiger charge is 2.07. The third kappa shape index (κ3) is 3.74. The van der Waals surface area contributed by atoms with E-state index in [2.05, 4.69) is 10.3 Å². The van der Waals surface area contributed by atoms with Gasteiger partial charge in [0, 0.05) is 17.1 Å². The highest BCUT2D eigenvalue weighted by molar-refractivity contribution is 5.95. The molecule has 0 aliphatic carbocycles. The molecule has 1 amide bonds. The van der Waals surface area contributed by atoms with Gasteiger partial charge in [-0.1, -0.05) is 43.3 Å². The number of rotatable bonds is 5. The predicted molar refractivity (Wildman–Crippen MR) is 112 cm³/mol. The quantitative estimate of drug-likeness (QED) is 0.550. The summed E-state index contributed by atoms with van der Waals surface area (Å²) in [7, 11) is 0. The minimum absolute atomic E-state index is 0.0953. The summed E-state index contributed by atoms with van der Waals surface area (Å²) in [5, 5.41) is 5.97. The van der Waals surface area contributed by atoms with Crippen LogP contribution in [0.15, 0.2) is 71.5 Å². The van der Waals surface area contributed by atoms with Crippen molar-refractivity contribution in [3.63, 3.8) is 0 Å². The van der Waals surface area contributed by atoms with Crippen molar-refractivity contribution in [2.45, 2.75) is 13.3 Å². The molecule has 0 aliphatic rings. The predicted octanol–water partition coefficient (Wildman–Crippen LogP) is 4.26. The first kappa shape index (κ1) is 17.8. The topological polar surface area (TPSA) is 71.2 Å². The van der Waals surface area contributed by atoms with E-state index in [0.29, 0.717) is 17.0 Å². The summed E-state index contributed by atoms with van der Waals surface area (Å²) < 4.78 is 5.62. The number of nitrogens with one attached hydrogen (secondary N) is 2. The molecular weight excluding hydrogens is 352 g/mol. The molecule has 3 aromatic carbocycles.